The van der Waals surface area contributed by atoms with Gasteiger partial charge in [-0.15, -0.1) is 0 Å². The molecular formula is C19H21NO. The van der Waals surface area contributed by atoms with Crippen molar-refractivity contribution in [2.45, 2.75) is 26.3 Å². The second-order valence-corrected chi connectivity index (χ2v) is 5.46. The molecule has 2 nitrogen and oxygen atoms in total. The molecule has 0 saturated carbocycles. The minimum atomic E-state index is 0.250. The number of fused-ring (bicyclic) bond motifs is 1. The number of hydrogen-bond acceptors (Lipinski definition) is 2. The molecule has 0 spiro atoms. The molecule has 0 amide bonds. The fraction of sp³-hybridized carbons (Fsp3) is 0.263. The van der Waals surface area contributed by atoms with Crippen molar-refractivity contribution in [2.24, 2.45) is 0 Å². The molecule has 2 heteroatoms. The number of nitrogens with one attached hydrogen (secondary N) is 1. The molecule has 21 heavy (non-hydrogen) atoms. The minimum absolute atomic E-state index is 0.250. The molecule has 0 aliphatic heterocycles. The predicted octanol–water partition coefficient (Wildman–Crippen LogP) is 4.69. The Hall–Kier alpha value is -2.06. The highest BCUT2D eigenvalue weighted by Crippen LogP contribution is 2.25. The van der Waals surface area contributed by atoms with Crippen molar-refractivity contribution in [2.75, 3.05) is 6.54 Å². The van der Waals surface area contributed by atoms with Crippen LogP contribution in [-0.4, -0.2) is 6.54 Å². The van der Waals surface area contributed by atoms with Gasteiger partial charge in [-0.25, -0.2) is 0 Å². The fourth-order valence-electron chi connectivity index (χ4n) is 2.68. The van der Waals surface area contributed by atoms with E-state index >= 15 is 0 Å². The predicted molar refractivity (Wildman–Crippen MR) is 87.6 cm³/mol. The molecule has 108 valence electrons. The Morgan fingerprint density at radius 1 is 1.00 bits per heavy atom. The maximum Gasteiger partial charge on any atom is 0.134 e. The lowest BCUT2D eigenvalue weighted by molar-refractivity contribution is 0.459. The van der Waals surface area contributed by atoms with Gasteiger partial charge in [-0.05, 0) is 49.2 Å². The zero-order valence-electron chi connectivity index (χ0n) is 12.6. The van der Waals surface area contributed by atoms with Crippen LogP contribution in [0, 0.1) is 0 Å². The Morgan fingerprint density at radius 2 is 1.81 bits per heavy atom. The summed E-state index contributed by atoms with van der Waals surface area (Å²) < 4.78 is 5.93. The summed E-state index contributed by atoms with van der Waals surface area (Å²) in [5.74, 6) is 1.00. The summed E-state index contributed by atoms with van der Waals surface area (Å²) in [4.78, 5) is 0. The van der Waals surface area contributed by atoms with E-state index in [0.717, 1.165) is 24.3 Å². The maximum atomic E-state index is 5.93. The SMILES string of the molecule is CCNC(C)c1cc2cc(Cc3ccccc3)ccc2o1. The molecular weight excluding hydrogens is 258 g/mol. The van der Waals surface area contributed by atoms with Gasteiger partial charge in [-0.3, -0.25) is 0 Å². The Morgan fingerprint density at radius 3 is 2.57 bits per heavy atom. The summed E-state index contributed by atoms with van der Waals surface area (Å²) in [5, 5.41) is 4.57. The third kappa shape index (κ3) is 3.17. The fourth-order valence-corrected chi connectivity index (χ4v) is 2.68. The van der Waals surface area contributed by atoms with E-state index in [1.54, 1.807) is 0 Å². The second kappa shape index (κ2) is 6.15. The molecule has 0 radical (unpaired) electrons. The first-order valence-corrected chi connectivity index (χ1v) is 7.56. The van der Waals surface area contributed by atoms with Crippen LogP contribution in [0.15, 0.2) is 59.0 Å². The van der Waals surface area contributed by atoms with E-state index in [4.69, 9.17) is 4.42 Å². The second-order valence-electron chi connectivity index (χ2n) is 5.46. The molecule has 1 N–H and O–H groups in total. The van der Waals surface area contributed by atoms with Gasteiger partial charge in [0.15, 0.2) is 0 Å². The van der Waals surface area contributed by atoms with Crippen molar-refractivity contribution in [3.05, 3.63) is 71.5 Å². The molecule has 0 aliphatic carbocycles. The van der Waals surface area contributed by atoms with Crippen molar-refractivity contribution in [3.8, 4) is 0 Å². The molecule has 1 atom stereocenters. The zero-order chi connectivity index (χ0) is 14.7. The molecule has 0 fully saturated rings. The van der Waals surface area contributed by atoms with E-state index in [0.29, 0.717) is 0 Å². The molecule has 3 aromatic rings. The number of rotatable bonds is 5. The number of furan rings is 1. The smallest absolute Gasteiger partial charge is 0.134 e. The van der Waals surface area contributed by atoms with Crippen LogP contribution in [0.4, 0.5) is 0 Å². The van der Waals surface area contributed by atoms with Gasteiger partial charge in [0.25, 0.3) is 0 Å². The average Bonchev–Trinajstić information content (AvgIpc) is 2.92. The van der Waals surface area contributed by atoms with E-state index in [9.17, 15) is 0 Å². The van der Waals surface area contributed by atoms with Gasteiger partial charge in [0.05, 0.1) is 6.04 Å². The van der Waals surface area contributed by atoms with Gasteiger partial charge in [0.1, 0.15) is 11.3 Å². The van der Waals surface area contributed by atoms with Crippen LogP contribution < -0.4 is 5.32 Å². The Bertz CT molecular complexity index is 715. The van der Waals surface area contributed by atoms with Crippen molar-refractivity contribution in [3.63, 3.8) is 0 Å². The normalized spacial score (nSPS) is 12.7. The summed E-state index contributed by atoms with van der Waals surface area (Å²) in [6.07, 6.45) is 0.958. The van der Waals surface area contributed by atoms with E-state index in [1.165, 1.54) is 16.5 Å². The van der Waals surface area contributed by atoms with Crippen molar-refractivity contribution < 1.29 is 4.42 Å². The summed E-state index contributed by atoms with van der Waals surface area (Å²) in [5.41, 5.74) is 3.62. The highest BCUT2D eigenvalue weighted by atomic mass is 16.3. The summed E-state index contributed by atoms with van der Waals surface area (Å²) >= 11 is 0. The Labute approximate surface area is 125 Å². The molecule has 2 aromatic carbocycles. The van der Waals surface area contributed by atoms with Crippen LogP contribution in [0.2, 0.25) is 0 Å². The van der Waals surface area contributed by atoms with Gasteiger partial charge in [0, 0.05) is 5.39 Å². The maximum absolute atomic E-state index is 5.93. The van der Waals surface area contributed by atoms with Gasteiger partial charge in [0.2, 0.25) is 0 Å². The molecule has 3 rings (SSSR count). The van der Waals surface area contributed by atoms with E-state index in [2.05, 4.69) is 73.8 Å². The highest BCUT2D eigenvalue weighted by Gasteiger charge is 2.10. The lowest BCUT2D eigenvalue weighted by Crippen LogP contribution is -2.16. The third-order valence-corrected chi connectivity index (χ3v) is 3.79. The van der Waals surface area contributed by atoms with Crippen LogP contribution in [0.5, 0.6) is 0 Å². The van der Waals surface area contributed by atoms with Crippen LogP contribution >= 0.6 is 0 Å². The summed E-state index contributed by atoms with van der Waals surface area (Å²) in [6.45, 7) is 5.18. The molecule has 0 aliphatic rings. The summed E-state index contributed by atoms with van der Waals surface area (Å²) in [7, 11) is 0. The van der Waals surface area contributed by atoms with Crippen LogP contribution in [0.3, 0.4) is 0 Å². The van der Waals surface area contributed by atoms with Crippen LogP contribution in [0.25, 0.3) is 11.0 Å². The van der Waals surface area contributed by atoms with Gasteiger partial charge in [-0.2, -0.15) is 0 Å². The van der Waals surface area contributed by atoms with Crippen molar-refractivity contribution in [1.29, 1.82) is 0 Å². The van der Waals surface area contributed by atoms with Crippen molar-refractivity contribution >= 4 is 11.0 Å². The minimum Gasteiger partial charge on any atom is -0.459 e. The molecule has 0 saturated heterocycles. The average molecular weight is 279 g/mol. The van der Waals surface area contributed by atoms with Crippen molar-refractivity contribution in [1.82, 2.24) is 5.32 Å². The lowest BCUT2D eigenvalue weighted by Gasteiger charge is -2.07. The van der Waals surface area contributed by atoms with E-state index in [-0.39, 0.29) is 6.04 Å². The first-order valence-electron chi connectivity index (χ1n) is 7.56. The van der Waals surface area contributed by atoms with Gasteiger partial charge < -0.3 is 9.73 Å². The molecule has 0 bridgehead atoms. The first-order chi connectivity index (χ1) is 10.3. The highest BCUT2D eigenvalue weighted by molar-refractivity contribution is 5.79. The quantitative estimate of drug-likeness (QED) is 0.732. The van der Waals surface area contributed by atoms with E-state index in [1.807, 2.05) is 0 Å². The molecule has 1 unspecified atom stereocenters. The van der Waals surface area contributed by atoms with Crippen LogP contribution in [-0.2, 0) is 6.42 Å². The van der Waals surface area contributed by atoms with Gasteiger partial charge in [-0.1, -0.05) is 43.3 Å². The standard InChI is InChI=1S/C19H21NO/c1-3-20-14(2)19-13-17-12-16(9-10-18(17)21-19)11-15-7-5-4-6-8-15/h4-10,12-14,20H,3,11H2,1-2H3. The number of hydrogen-bond donors (Lipinski definition) is 1. The molecule has 1 aromatic heterocycles. The van der Waals surface area contributed by atoms with E-state index < -0.39 is 0 Å². The first kappa shape index (κ1) is 13.9. The van der Waals surface area contributed by atoms with Crippen LogP contribution in [0.1, 0.15) is 36.8 Å². The number of benzene rings is 2. The zero-order valence-corrected chi connectivity index (χ0v) is 12.6. The molecule has 1 heterocycles. The monoisotopic (exact) mass is 279 g/mol. The third-order valence-electron chi connectivity index (χ3n) is 3.79. The topological polar surface area (TPSA) is 25.2 Å². The Kier molecular flexibility index (Phi) is 4.07. The summed E-state index contributed by atoms with van der Waals surface area (Å²) in [6, 6.07) is 19.4. The van der Waals surface area contributed by atoms with Gasteiger partial charge >= 0.3 is 0 Å². The largest absolute Gasteiger partial charge is 0.459 e. The Balaban J connectivity index is 1.86. The lowest BCUT2D eigenvalue weighted by atomic mass is 10.0.